The van der Waals surface area contributed by atoms with Crippen LogP contribution in [0.15, 0.2) is 24.3 Å². The average Bonchev–Trinajstić information content (AvgIpc) is 3.22. The van der Waals surface area contributed by atoms with Gasteiger partial charge in [-0.05, 0) is 139 Å². The molecule has 0 amide bonds. The Morgan fingerprint density at radius 1 is 0.500 bits per heavy atom. The SMILES string of the molecule is CC/C=C\CCCCOC(=O)CCCCCCC(=O)OCC(CO)(COC(=O)CCCCCCC(=O)OCCCC/C=C\CC)COC(=O)CC12CC3CC(CC(C3)C1)C2. The lowest BCUT2D eigenvalue weighted by molar-refractivity contribution is -0.168. The minimum absolute atomic E-state index is 0.00954. The first kappa shape index (κ1) is 51.1. The minimum Gasteiger partial charge on any atom is -0.466 e. The van der Waals surface area contributed by atoms with Gasteiger partial charge >= 0.3 is 29.8 Å². The molecular formula is C49H80O11. The van der Waals surface area contributed by atoms with Crippen molar-refractivity contribution < 1.29 is 52.8 Å². The summed E-state index contributed by atoms with van der Waals surface area (Å²) in [5.41, 5.74) is -1.30. The molecule has 0 aromatic heterocycles. The summed E-state index contributed by atoms with van der Waals surface area (Å²) in [6.07, 6.45) is 30.4. The van der Waals surface area contributed by atoms with E-state index in [1.54, 1.807) is 0 Å². The van der Waals surface area contributed by atoms with Crippen LogP contribution in [-0.4, -0.2) is 74.6 Å². The molecule has 0 spiro atoms. The summed E-state index contributed by atoms with van der Waals surface area (Å²) in [5.74, 6) is 0.496. The van der Waals surface area contributed by atoms with Crippen LogP contribution in [0, 0.1) is 28.6 Å². The first-order valence-corrected chi connectivity index (χ1v) is 23.8. The molecule has 0 aliphatic heterocycles. The van der Waals surface area contributed by atoms with E-state index in [2.05, 4.69) is 38.2 Å². The second kappa shape index (κ2) is 29.9. The topological polar surface area (TPSA) is 152 Å². The van der Waals surface area contributed by atoms with Crippen LogP contribution < -0.4 is 0 Å². The minimum atomic E-state index is -1.29. The lowest BCUT2D eigenvalue weighted by atomic mass is 9.49. The highest BCUT2D eigenvalue weighted by molar-refractivity contribution is 5.71. The van der Waals surface area contributed by atoms with E-state index in [4.69, 9.17) is 23.7 Å². The van der Waals surface area contributed by atoms with Crippen LogP contribution in [0.25, 0.3) is 0 Å². The molecule has 4 rings (SSSR count). The molecule has 4 aliphatic carbocycles. The number of rotatable bonds is 35. The third kappa shape index (κ3) is 21.5. The summed E-state index contributed by atoms with van der Waals surface area (Å²) in [6.45, 7) is 3.85. The van der Waals surface area contributed by atoms with E-state index < -0.39 is 24.0 Å². The number of allylic oxidation sites excluding steroid dienone is 4. The number of carbonyl (C=O) groups is 5. The van der Waals surface area contributed by atoms with Gasteiger partial charge in [-0.3, -0.25) is 24.0 Å². The fourth-order valence-corrected chi connectivity index (χ4v) is 9.57. The smallest absolute Gasteiger partial charge is 0.306 e. The number of ether oxygens (including phenoxy) is 5. The average molecular weight is 845 g/mol. The number of esters is 5. The van der Waals surface area contributed by atoms with E-state index in [0.29, 0.717) is 75.9 Å². The van der Waals surface area contributed by atoms with Crippen LogP contribution in [0.3, 0.4) is 0 Å². The van der Waals surface area contributed by atoms with Crippen LogP contribution in [0.4, 0.5) is 0 Å². The highest BCUT2D eigenvalue weighted by Gasteiger charge is 2.52. The molecule has 0 radical (unpaired) electrons. The quantitative estimate of drug-likeness (QED) is 0.0281. The Bertz CT molecular complexity index is 1220. The predicted molar refractivity (Wildman–Crippen MR) is 232 cm³/mol. The molecule has 4 fully saturated rings. The van der Waals surface area contributed by atoms with Crippen molar-refractivity contribution in [3.05, 3.63) is 24.3 Å². The molecule has 0 atom stereocenters. The maximum atomic E-state index is 13.3. The van der Waals surface area contributed by atoms with E-state index in [9.17, 15) is 29.1 Å². The van der Waals surface area contributed by atoms with Crippen molar-refractivity contribution in [2.45, 2.75) is 187 Å². The number of aliphatic hydroxyl groups is 1. The Morgan fingerprint density at radius 3 is 1.23 bits per heavy atom. The molecular weight excluding hydrogens is 765 g/mol. The maximum absolute atomic E-state index is 13.3. The largest absolute Gasteiger partial charge is 0.466 e. The van der Waals surface area contributed by atoms with Crippen molar-refractivity contribution in [3.63, 3.8) is 0 Å². The Kier molecular flexibility index (Phi) is 25.5. The van der Waals surface area contributed by atoms with Crippen LogP contribution in [-0.2, 0) is 47.7 Å². The van der Waals surface area contributed by atoms with Crippen molar-refractivity contribution >= 4 is 29.8 Å². The summed E-state index contributed by atoms with van der Waals surface area (Å²) in [4.78, 5) is 63.1. The Labute approximate surface area is 361 Å². The van der Waals surface area contributed by atoms with E-state index in [1.165, 1.54) is 19.3 Å². The first-order chi connectivity index (χ1) is 29.1. The Hall–Kier alpha value is -3.21. The summed E-state index contributed by atoms with van der Waals surface area (Å²) in [7, 11) is 0. The van der Waals surface area contributed by atoms with Crippen molar-refractivity contribution in [3.8, 4) is 0 Å². The highest BCUT2D eigenvalue weighted by Crippen LogP contribution is 2.61. The van der Waals surface area contributed by atoms with Gasteiger partial charge in [0.15, 0.2) is 0 Å². The van der Waals surface area contributed by atoms with Gasteiger partial charge in [-0.25, -0.2) is 0 Å². The number of unbranched alkanes of at least 4 members (excludes halogenated alkanes) is 10. The summed E-state index contributed by atoms with van der Waals surface area (Å²) in [6, 6.07) is 0. The van der Waals surface area contributed by atoms with Crippen molar-refractivity contribution in [1.29, 1.82) is 0 Å². The second-order valence-corrected chi connectivity index (χ2v) is 18.3. The lowest BCUT2D eigenvalue weighted by Crippen LogP contribution is -2.47. The monoisotopic (exact) mass is 845 g/mol. The zero-order chi connectivity index (χ0) is 43.3. The standard InChI is InChI=1S/C49H80O11/c1-3-5-7-9-15-21-27-56-43(51)23-17-11-13-19-25-45(53)58-37-49(36-50,39-60-47(55)35-48-32-40-29-41(33-48)31-42(30-40)34-48)38-59-46(54)26-20-14-12-18-24-44(52)57-28-22-16-10-8-6-4-2/h5-8,40-42,50H,3-4,9-39H2,1-2H3/b7-5-,8-6-. The molecule has 342 valence electrons. The molecule has 11 heteroatoms. The number of carbonyl (C=O) groups excluding carboxylic acids is 5. The first-order valence-electron chi connectivity index (χ1n) is 23.8. The molecule has 0 unspecified atom stereocenters. The van der Waals surface area contributed by atoms with Gasteiger partial charge < -0.3 is 28.8 Å². The van der Waals surface area contributed by atoms with E-state index in [-0.39, 0.29) is 56.0 Å². The number of hydrogen-bond acceptors (Lipinski definition) is 11. The molecule has 4 aliphatic rings. The van der Waals surface area contributed by atoms with Gasteiger partial charge in [-0.15, -0.1) is 0 Å². The summed E-state index contributed by atoms with van der Waals surface area (Å²) >= 11 is 0. The van der Waals surface area contributed by atoms with E-state index >= 15 is 0 Å². The van der Waals surface area contributed by atoms with Gasteiger partial charge in [0.2, 0.25) is 0 Å². The molecule has 0 aromatic rings. The number of aliphatic hydroxyl groups excluding tert-OH is 1. The molecule has 4 bridgehead atoms. The highest BCUT2D eigenvalue weighted by atomic mass is 16.6. The zero-order valence-electron chi connectivity index (χ0n) is 37.4. The molecule has 1 N–H and O–H groups in total. The van der Waals surface area contributed by atoms with E-state index in [1.807, 2.05) is 0 Å². The third-order valence-corrected chi connectivity index (χ3v) is 12.5. The van der Waals surface area contributed by atoms with Gasteiger partial charge in [0.05, 0.1) is 31.7 Å². The normalized spacial score (nSPS) is 20.8. The van der Waals surface area contributed by atoms with Gasteiger partial charge in [-0.2, -0.15) is 0 Å². The third-order valence-electron chi connectivity index (χ3n) is 12.5. The lowest BCUT2D eigenvalue weighted by Gasteiger charge is -2.56. The van der Waals surface area contributed by atoms with Crippen LogP contribution >= 0.6 is 0 Å². The van der Waals surface area contributed by atoms with E-state index in [0.717, 1.165) is 96.3 Å². The fourth-order valence-electron chi connectivity index (χ4n) is 9.57. The molecule has 4 saturated carbocycles. The van der Waals surface area contributed by atoms with Gasteiger partial charge in [-0.1, -0.05) is 63.8 Å². The molecule has 0 aromatic carbocycles. The Balaban J connectivity index is 1.37. The number of hydrogen-bond donors (Lipinski definition) is 1. The summed E-state index contributed by atoms with van der Waals surface area (Å²) < 4.78 is 27.7. The van der Waals surface area contributed by atoms with Gasteiger partial charge in [0, 0.05) is 25.7 Å². The van der Waals surface area contributed by atoms with Gasteiger partial charge in [0.1, 0.15) is 19.8 Å². The fraction of sp³-hybridized carbons (Fsp3) is 0.816. The van der Waals surface area contributed by atoms with Crippen molar-refractivity contribution in [2.24, 2.45) is 28.6 Å². The maximum Gasteiger partial charge on any atom is 0.306 e. The zero-order valence-corrected chi connectivity index (χ0v) is 37.4. The molecule has 60 heavy (non-hydrogen) atoms. The summed E-state index contributed by atoms with van der Waals surface area (Å²) in [5, 5.41) is 10.6. The predicted octanol–water partition coefficient (Wildman–Crippen LogP) is 10.2. The van der Waals surface area contributed by atoms with Crippen LogP contribution in [0.1, 0.15) is 187 Å². The van der Waals surface area contributed by atoms with Crippen molar-refractivity contribution in [1.82, 2.24) is 0 Å². The van der Waals surface area contributed by atoms with Crippen LogP contribution in [0.5, 0.6) is 0 Å². The molecule has 0 heterocycles. The Morgan fingerprint density at radius 2 is 0.867 bits per heavy atom. The molecule has 11 nitrogen and oxygen atoms in total. The second-order valence-electron chi connectivity index (χ2n) is 18.3. The van der Waals surface area contributed by atoms with Crippen molar-refractivity contribution in [2.75, 3.05) is 39.6 Å². The van der Waals surface area contributed by atoms with Crippen LogP contribution in [0.2, 0.25) is 0 Å². The molecule has 0 saturated heterocycles. The van der Waals surface area contributed by atoms with Gasteiger partial charge in [0.25, 0.3) is 0 Å².